The molecular weight excluding hydrogens is 298 g/mol. The number of halogens is 2. The van der Waals surface area contributed by atoms with Crippen molar-refractivity contribution in [3.05, 3.63) is 20.8 Å². The fourth-order valence-electron chi connectivity index (χ4n) is 1.03. The highest BCUT2D eigenvalue weighted by Gasteiger charge is 2.23. The smallest absolute Gasteiger partial charge is 0.243 e. The lowest BCUT2D eigenvalue weighted by atomic mass is 10.1. The summed E-state index contributed by atoms with van der Waals surface area (Å²) in [5.41, 5.74) is -0.251. The third-order valence-corrected chi connectivity index (χ3v) is 3.82. The Morgan fingerprint density at radius 3 is 2.53 bits per heavy atom. The van der Waals surface area contributed by atoms with E-state index in [1.807, 2.05) is 32.9 Å². The molecule has 1 N–H and O–H groups in total. The molecule has 1 aromatic rings. The largest absolute Gasteiger partial charge is 0.350 e. The molecule has 0 saturated carbocycles. The average molecular weight is 311 g/mol. The number of carbonyl (C=O) groups excluding carboxylic acids is 1. The van der Waals surface area contributed by atoms with Crippen LogP contribution in [0.25, 0.3) is 0 Å². The second-order valence-corrected chi connectivity index (χ2v) is 7.17. The van der Waals surface area contributed by atoms with Gasteiger partial charge in [-0.15, -0.1) is 22.9 Å². The first-order chi connectivity index (χ1) is 6.79. The van der Waals surface area contributed by atoms with Gasteiger partial charge in [0, 0.05) is 10.4 Å². The third-order valence-electron chi connectivity index (χ3n) is 1.57. The Morgan fingerprint density at radius 2 is 2.13 bits per heavy atom. The maximum Gasteiger partial charge on any atom is 0.243 e. The fraction of sp³-hybridized carbons (Fsp3) is 0.500. The first-order valence-corrected chi connectivity index (χ1v) is 6.55. The van der Waals surface area contributed by atoms with Gasteiger partial charge in [0.2, 0.25) is 5.91 Å². The van der Waals surface area contributed by atoms with E-state index in [9.17, 15) is 4.79 Å². The molecule has 15 heavy (non-hydrogen) atoms. The number of carbonyl (C=O) groups is 1. The quantitative estimate of drug-likeness (QED) is 0.829. The summed E-state index contributed by atoms with van der Waals surface area (Å²) < 4.78 is 0.978. The standard InChI is InChI=1S/C10H13BrClNOS/c1-10(2,3)13-9(14)8(12)6-4-5-7(11)15-6/h4-5,8H,1-3H3,(H,13,14). The van der Waals surface area contributed by atoms with E-state index >= 15 is 0 Å². The zero-order chi connectivity index (χ0) is 11.6. The topological polar surface area (TPSA) is 29.1 Å². The Hall–Kier alpha value is -0.0600. The minimum atomic E-state index is -0.611. The summed E-state index contributed by atoms with van der Waals surface area (Å²) in [6, 6.07) is 3.74. The lowest BCUT2D eigenvalue weighted by Crippen LogP contribution is -2.42. The number of nitrogens with one attached hydrogen (secondary N) is 1. The van der Waals surface area contributed by atoms with Crippen LogP contribution >= 0.6 is 38.9 Å². The molecule has 0 bridgehead atoms. The molecule has 1 atom stereocenters. The lowest BCUT2D eigenvalue weighted by Gasteiger charge is -2.22. The summed E-state index contributed by atoms with van der Waals surface area (Å²) in [6.45, 7) is 5.79. The van der Waals surface area contributed by atoms with Gasteiger partial charge in [0.15, 0.2) is 0 Å². The highest BCUT2D eigenvalue weighted by Crippen LogP contribution is 2.31. The van der Waals surface area contributed by atoms with Crippen LogP contribution in [-0.2, 0) is 4.79 Å². The third kappa shape index (κ3) is 4.13. The van der Waals surface area contributed by atoms with Gasteiger partial charge in [-0.05, 0) is 48.8 Å². The molecule has 0 aliphatic rings. The van der Waals surface area contributed by atoms with Crippen molar-refractivity contribution >= 4 is 44.8 Å². The molecule has 0 aromatic carbocycles. The van der Waals surface area contributed by atoms with Crippen molar-refractivity contribution in [3.8, 4) is 0 Å². The van der Waals surface area contributed by atoms with Crippen LogP contribution in [0.3, 0.4) is 0 Å². The van der Waals surface area contributed by atoms with Gasteiger partial charge in [-0.3, -0.25) is 4.79 Å². The van der Waals surface area contributed by atoms with Crippen molar-refractivity contribution in [1.29, 1.82) is 0 Å². The van der Waals surface area contributed by atoms with E-state index in [0.29, 0.717) is 0 Å². The highest BCUT2D eigenvalue weighted by atomic mass is 79.9. The molecule has 1 aromatic heterocycles. The zero-order valence-corrected chi connectivity index (χ0v) is 12.0. The van der Waals surface area contributed by atoms with E-state index in [2.05, 4.69) is 21.2 Å². The van der Waals surface area contributed by atoms with Crippen molar-refractivity contribution in [2.45, 2.75) is 31.7 Å². The first kappa shape index (κ1) is 13.0. The van der Waals surface area contributed by atoms with Gasteiger partial charge >= 0.3 is 0 Å². The number of alkyl halides is 1. The van der Waals surface area contributed by atoms with E-state index < -0.39 is 5.38 Å². The maximum absolute atomic E-state index is 11.7. The predicted molar refractivity (Wildman–Crippen MR) is 68.5 cm³/mol. The van der Waals surface area contributed by atoms with Crippen LogP contribution in [0.5, 0.6) is 0 Å². The van der Waals surface area contributed by atoms with Crippen molar-refractivity contribution in [2.75, 3.05) is 0 Å². The summed E-state index contributed by atoms with van der Waals surface area (Å²) in [6.07, 6.45) is 0. The highest BCUT2D eigenvalue weighted by molar-refractivity contribution is 9.11. The van der Waals surface area contributed by atoms with Gasteiger partial charge in [-0.25, -0.2) is 0 Å². The Kier molecular flexibility index (Phi) is 4.20. The first-order valence-electron chi connectivity index (χ1n) is 4.51. The van der Waals surface area contributed by atoms with Crippen LogP contribution in [0.4, 0.5) is 0 Å². The van der Waals surface area contributed by atoms with Crippen molar-refractivity contribution in [2.24, 2.45) is 0 Å². The fourth-order valence-corrected chi connectivity index (χ4v) is 2.69. The molecule has 0 fully saturated rings. The maximum atomic E-state index is 11.7. The summed E-state index contributed by atoms with van der Waals surface area (Å²) in [5.74, 6) is -0.154. The Labute approximate surface area is 107 Å². The van der Waals surface area contributed by atoms with Crippen molar-refractivity contribution in [1.82, 2.24) is 5.32 Å². The SMILES string of the molecule is CC(C)(C)NC(=O)C(Cl)c1ccc(Br)s1. The van der Waals surface area contributed by atoms with Gasteiger partial charge in [0.25, 0.3) is 0 Å². The van der Waals surface area contributed by atoms with Crippen LogP contribution in [0.2, 0.25) is 0 Å². The molecule has 2 nitrogen and oxygen atoms in total. The Bertz CT molecular complexity index is 359. The Morgan fingerprint density at radius 1 is 1.53 bits per heavy atom. The van der Waals surface area contributed by atoms with Gasteiger partial charge in [-0.1, -0.05) is 0 Å². The second kappa shape index (κ2) is 4.85. The average Bonchev–Trinajstić information content (AvgIpc) is 2.47. The van der Waals surface area contributed by atoms with E-state index in [-0.39, 0.29) is 11.4 Å². The molecule has 0 aliphatic heterocycles. The molecule has 0 saturated heterocycles. The molecule has 1 rings (SSSR count). The van der Waals surface area contributed by atoms with Crippen LogP contribution in [0.15, 0.2) is 15.9 Å². The molecule has 0 radical (unpaired) electrons. The summed E-state index contributed by atoms with van der Waals surface area (Å²) >= 11 is 10.9. The zero-order valence-electron chi connectivity index (χ0n) is 8.80. The molecular formula is C10H13BrClNOS. The summed E-state index contributed by atoms with van der Waals surface area (Å²) in [5, 5.41) is 2.24. The molecule has 0 spiro atoms. The molecule has 1 amide bonds. The number of amides is 1. The lowest BCUT2D eigenvalue weighted by molar-refractivity contribution is -0.122. The minimum Gasteiger partial charge on any atom is -0.350 e. The number of hydrogen-bond acceptors (Lipinski definition) is 2. The molecule has 1 heterocycles. The van der Waals surface area contributed by atoms with Crippen LogP contribution < -0.4 is 5.32 Å². The van der Waals surface area contributed by atoms with Crippen LogP contribution in [0.1, 0.15) is 31.0 Å². The van der Waals surface area contributed by atoms with Crippen molar-refractivity contribution in [3.63, 3.8) is 0 Å². The van der Waals surface area contributed by atoms with E-state index in [1.54, 1.807) is 0 Å². The van der Waals surface area contributed by atoms with E-state index in [1.165, 1.54) is 11.3 Å². The predicted octanol–water partition coefficient (Wildman–Crippen LogP) is 3.71. The normalized spacial score (nSPS) is 13.7. The van der Waals surface area contributed by atoms with Crippen LogP contribution in [-0.4, -0.2) is 11.4 Å². The number of hydrogen-bond donors (Lipinski definition) is 1. The second-order valence-electron chi connectivity index (χ2n) is 4.24. The number of thiophene rings is 1. The van der Waals surface area contributed by atoms with Gasteiger partial charge in [-0.2, -0.15) is 0 Å². The monoisotopic (exact) mass is 309 g/mol. The van der Waals surface area contributed by atoms with Gasteiger partial charge in [0.1, 0.15) is 5.38 Å². The molecule has 84 valence electrons. The Balaban J connectivity index is 2.69. The summed E-state index contributed by atoms with van der Waals surface area (Å²) in [4.78, 5) is 12.6. The molecule has 5 heteroatoms. The molecule has 0 aliphatic carbocycles. The molecule has 1 unspecified atom stereocenters. The van der Waals surface area contributed by atoms with Gasteiger partial charge < -0.3 is 5.32 Å². The van der Waals surface area contributed by atoms with Crippen molar-refractivity contribution < 1.29 is 4.79 Å². The van der Waals surface area contributed by atoms with Gasteiger partial charge in [0.05, 0.1) is 3.79 Å². The number of rotatable bonds is 2. The van der Waals surface area contributed by atoms with E-state index in [4.69, 9.17) is 11.6 Å². The van der Waals surface area contributed by atoms with E-state index in [0.717, 1.165) is 8.66 Å². The minimum absolute atomic E-state index is 0.154. The summed E-state index contributed by atoms with van der Waals surface area (Å²) in [7, 11) is 0. The van der Waals surface area contributed by atoms with Crippen LogP contribution in [0, 0.1) is 0 Å².